The van der Waals surface area contributed by atoms with E-state index in [1.165, 1.54) is 17.8 Å². The zero-order valence-corrected chi connectivity index (χ0v) is 17.4. The molecular weight excluding hydrogens is 460 g/mol. The number of rotatable bonds is 6. The standard InChI is InChI=1S/C21H16F4N6O3/c1-33-19-16(7-13(9-27-19)11-2-5-17-29-20(26)30-31(17)10-11)28-18(32)8-12-6-14(3-4-15(12)22)34-21(23,24)25/h2-7,9-10H,8H2,1H3,(H2,26,30)(H,28,32). The smallest absolute Gasteiger partial charge is 0.480 e. The van der Waals surface area contributed by atoms with E-state index in [0.717, 1.165) is 18.2 Å². The van der Waals surface area contributed by atoms with Crippen LogP contribution in [0.1, 0.15) is 5.56 Å². The van der Waals surface area contributed by atoms with Crippen molar-refractivity contribution in [2.75, 3.05) is 18.2 Å². The summed E-state index contributed by atoms with van der Waals surface area (Å²) < 4.78 is 61.8. The van der Waals surface area contributed by atoms with Gasteiger partial charge in [0.15, 0.2) is 5.65 Å². The van der Waals surface area contributed by atoms with Crippen LogP contribution in [0.5, 0.6) is 11.6 Å². The fourth-order valence-electron chi connectivity index (χ4n) is 3.18. The number of pyridine rings is 2. The van der Waals surface area contributed by atoms with Crippen molar-refractivity contribution < 1.29 is 31.8 Å². The number of carbonyl (C=O) groups is 1. The van der Waals surface area contributed by atoms with E-state index in [-0.39, 0.29) is 23.1 Å². The van der Waals surface area contributed by atoms with Crippen LogP contribution >= 0.6 is 0 Å². The normalized spacial score (nSPS) is 11.4. The molecule has 0 aliphatic heterocycles. The third-order valence-corrected chi connectivity index (χ3v) is 4.60. The quantitative estimate of drug-likeness (QED) is 0.409. The van der Waals surface area contributed by atoms with Gasteiger partial charge in [-0.2, -0.15) is 4.98 Å². The molecule has 0 bridgehead atoms. The molecule has 0 saturated heterocycles. The molecule has 0 saturated carbocycles. The van der Waals surface area contributed by atoms with Gasteiger partial charge in [0.25, 0.3) is 0 Å². The zero-order chi connectivity index (χ0) is 24.5. The summed E-state index contributed by atoms with van der Waals surface area (Å²) in [4.78, 5) is 20.8. The molecule has 3 aromatic heterocycles. The summed E-state index contributed by atoms with van der Waals surface area (Å²) in [7, 11) is 1.35. The second-order valence-electron chi connectivity index (χ2n) is 7.00. The number of aromatic nitrogens is 4. The van der Waals surface area contributed by atoms with Crippen LogP contribution in [0, 0.1) is 5.82 Å². The predicted molar refractivity (Wildman–Crippen MR) is 113 cm³/mol. The minimum absolute atomic E-state index is 0.0813. The van der Waals surface area contributed by atoms with Crippen molar-refractivity contribution in [1.29, 1.82) is 0 Å². The number of ether oxygens (including phenoxy) is 2. The average molecular weight is 476 g/mol. The summed E-state index contributed by atoms with van der Waals surface area (Å²) in [5.41, 5.74) is 7.28. The van der Waals surface area contributed by atoms with Gasteiger partial charge >= 0.3 is 6.36 Å². The van der Waals surface area contributed by atoms with Crippen molar-refractivity contribution >= 4 is 23.2 Å². The number of hydrogen-bond donors (Lipinski definition) is 2. The summed E-state index contributed by atoms with van der Waals surface area (Å²) in [5.74, 6) is -2.02. The van der Waals surface area contributed by atoms with E-state index in [0.29, 0.717) is 16.8 Å². The summed E-state index contributed by atoms with van der Waals surface area (Å²) in [6.07, 6.45) is -2.33. The van der Waals surface area contributed by atoms with E-state index in [9.17, 15) is 22.4 Å². The number of halogens is 4. The minimum atomic E-state index is -4.95. The number of benzene rings is 1. The Bertz CT molecular complexity index is 1370. The molecule has 0 aliphatic carbocycles. The van der Waals surface area contributed by atoms with Crippen molar-refractivity contribution in [3.8, 4) is 22.8 Å². The Morgan fingerprint density at radius 2 is 1.97 bits per heavy atom. The monoisotopic (exact) mass is 476 g/mol. The van der Waals surface area contributed by atoms with Gasteiger partial charge in [-0.15, -0.1) is 18.3 Å². The number of nitrogens with one attached hydrogen (secondary N) is 1. The number of carbonyl (C=O) groups excluding carboxylic acids is 1. The second-order valence-corrected chi connectivity index (χ2v) is 7.00. The Kier molecular flexibility index (Phi) is 5.92. The Morgan fingerprint density at radius 3 is 2.71 bits per heavy atom. The van der Waals surface area contributed by atoms with E-state index < -0.39 is 30.3 Å². The topological polar surface area (TPSA) is 117 Å². The van der Waals surface area contributed by atoms with Crippen LogP contribution in [-0.2, 0) is 11.2 Å². The predicted octanol–water partition coefficient (Wildman–Crippen LogP) is 3.60. The number of anilines is 2. The van der Waals surface area contributed by atoms with Crippen LogP contribution in [0.3, 0.4) is 0 Å². The number of hydrogen-bond acceptors (Lipinski definition) is 7. The van der Waals surface area contributed by atoms with Gasteiger partial charge in [0, 0.05) is 29.1 Å². The van der Waals surface area contributed by atoms with E-state index in [4.69, 9.17) is 10.5 Å². The van der Waals surface area contributed by atoms with Crippen molar-refractivity contribution in [2.24, 2.45) is 0 Å². The lowest BCUT2D eigenvalue weighted by molar-refractivity contribution is -0.274. The lowest BCUT2D eigenvalue weighted by Gasteiger charge is -2.13. The Balaban J connectivity index is 1.57. The third kappa shape index (κ3) is 5.14. The SMILES string of the molecule is COc1ncc(-c2ccc3nc(N)nn3c2)cc1NC(=O)Cc1cc(OC(F)(F)F)ccc1F. The fraction of sp³-hybridized carbons (Fsp3) is 0.143. The molecule has 0 spiro atoms. The Hall–Kier alpha value is -4.42. The zero-order valence-electron chi connectivity index (χ0n) is 17.4. The lowest BCUT2D eigenvalue weighted by Crippen LogP contribution is -2.18. The van der Waals surface area contributed by atoms with Gasteiger partial charge in [-0.3, -0.25) is 4.79 Å². The highest BCUT2D eigenvalue weighted by molar-refractivity contribution is 5.94. The van der Waals surface area contributed by atoms with Crippen molar-refractivity contribution in [3.63, 3.8) is 0 Å². The molecule has 13 heteroatoms. The number of methoxy groups -OCH3 is 1. The maximum absolute atomic E-state index is 14.1. The molecule has 0 fully saturated rings. The van der Waals surface area contributed by atoms with E-state index in [2.05, 4.69) is 25.1 Å². The second kappa shape index (κ2) is 8.84. The van der Waals surface area contributed by atoms with Crippen LogP contribution in [0.2, 0.25) is 0 Å². The molecule has 34 heavy (non-hydrogen) atoms. The van der Waals surface area contributed by atoms with Gasteiger partial charge in [-0.05, 0) is 36.4 Å². The van der Waals surface area contributed by atoms with E-state index in [1.807, 2.05) is 0 Å². The molecule has 3 heterocycles. The molecule has 1 amide bonds. The lowest BCUT2D eigenvalue weighted by atomic mass is 10.1. The highest BCUT2D eigenvalue weighted by Crippen LogP contribution is 2.29. The molecule has 1 aromatic carbocycles. The van der Waals surface area contributed by atoms with Crippen LogP contribution < -0.4 is 20.5 Å². The minimum Gasteiger partial charge on any atom is -0.480 e. The summed E-state index contributed by atoms with van der Waals surface area (Å²) >= 11 is 0. The fourth-order valence-corrected chi connectivity index (χ4v) is 3.18. The van der Waals surface area contributed by atoms with Gasteiger partial charge in [0.1, 0.15) is 17.3 Å². The van der Waals surface area contributed by atoms with Crippen molar-refractivity contribution in [1.82, 2.24) is 19.6 Å². The highest BCUT2D eigenvalue weighted by Gasteiger charge is 2.31. The highest BCUT2D eigenvalue weighted by atomic mass is 19.4. The number of nitrogens with zero attached hydrogens (tertiary/aromatic N) is 4. The number of alkyl halides is 3. The third-order valence-electron chi connectivity index (χ3n) is 4.60. The summed E-state index contributed by atoms with van der Waals surface area (Å²) in [6, 6.07) is 7.44. The average Bonchev–Trinajstić information content (AvgIpc) is 3.14. The van der Waals surface area contributed by atoms with Crippen LogP contribution in [0.15, 0.2) is 48.8 Å². The molecule has 9 nitrogen and oxygen atoms in total. The molecule has 3 N–H and O–H groups in total. The van der Waals surface area contributed by atoms with Crippen molar-refractivity contribution in [2.45, 2.75) is 12.8 Å². The molecule has 0 radical (unpaired) electrons. The molecule has 0 aliphatic rings. The molecule has 0 unspecified atom stereocenters. The molecular formula is C21H16F4N6O3. The molecule has 0 atom stereocenters. The van der Waals surface area contributed by atoms with Gasteiger partial charge in [-0.1, -0.05) is 0 Å². The Labute approximate surface area is 189 Å². The maximum atomic E-state index is 14.1. The first-order chi connectivity index (χ1) is 16.1. The molecule has 176 valence electrons. The van der Waals surface area contributed by atoms with E-state index in [1.54, 1.807) is 24.4 Å². The number of nitrogens with two attached hydrogens (primary N) is 1. The number of fused-ring (bicyclic) bond motifs is 1. The Morgan fingerprint density at radius 1 is 1.18 bits per heavy atom. The first kappa shape index (κ1) is 22.8. The number of amides is 1. The summed E-state index contributed by atoms with van der Waals surface area (Å²) in [5, 5.41) is 6.59. The molecule has 4 aromatic rings. The van der Waals surface area contributed by atoms with Crippen LogP contribution in [0.4, 0.5) is 29.2 Å². The first-order valence-electron chi connectivity index (χ1n) is 9.61. The maximum Gasteiger partial charge on any atom is 0.573 e. The van der Waals surface area contributed by atoms with Gasteiger partial charge < -0.3 is 20.5 Å². The first-order valence-corrected chi connectivity index (χ1v) is 9.61. The number of nitrogen functional groups attached to an aromatic ring is 1. The molecule has 4 rings (SSSR count). The van der Waals surface area contributed by atoms with Gasteiger partial charge in [-0.25, -0.2) is 13.9 Å². The summed E-state index contributed by atoms with van der Waals surface area (Å²) in [6.45, 7) is 0. The largest absolute Gasteiger partial charge is 0.573 e. The van der Waals surface area contributed by atoms with Gasteiger partial charge in [0.05, 0.1) is 13.5 Å². The van der Waals surface area contributed by atoms with E-state index >= 15 is 0 Å². The van der Waals surface area contributed by atoms with Crippen LogP contribution in [-0.4, -0.2) is 39.0 Å². The van der Waals surface area contributed by atoms with Crippen molar-refractivity contribution in [3.05, 3.63) is 60.2 Å². The van der Waals surface area contributed by atoms with Crippen LogP contribution in [0.25, 0.3) is 16.8 Å². The van der Waals surface area contributed by atoms with Gasteiger partial charge in [0.2, 0.25) is 17.7 Å².